The number of nitrogens with one attached hydrogen (secondary N) is 1. The summed E-state index contributed by atoms with van der Waals surface area (Å²) >= 11 is 0. The van der Waals surface area contributed by atoms with Crippen molar-refractivity contribution >= 4 is 11.8 Å². The van der Waals surface area contributed by atoms with Crippen molar-refractivity contribution in [1.29, 1.82) is 0 Å². The quantitative estimate of drug-likeness (QED) is 0.873. The first-order valence-corrected chi connectivity index (χ1v) is 8.76. The van der Waals surface area contributed by atoms with Crippen molar-refractivity contribution in [2.24, 2.45) is 5.92 Å². The second-order valence-electron chi connectivity index (χ2n) is 7.05. The van der Waals surface area contributed by atoms with Crippen molar-refractivity contribution < 1.29 is 14.0 Å². The van der Waals surface area contributed by atoms with Crippen LogP contribution in [-0.2, 0) is 11.3 Å². The molecule has 0 bridgehead atoms. The van der Waals surface area contributed by atoms with Crippen molar-refractivity contribution in [2.45, 2.75) is 70.0 Å². The highest BCUT2D eigenvalue weighted by Gasteiger charge is 2.37. The molecule has 3 aliphatic carbocycles. The molecule has 3 saturated carbocycles. The molecule has 1 N–H and O–H groups in total. The van der Waals surface area contributed by atoms with E-state index < -0.39 is 0 Å². The summed E-state index contributed by atoms with van der Waals surface area (Å²) in [6.45, 7) is 0.386. The molecule has 0 spiro atoms. The molecular weight excluding hydrogens is 294 g/mol. The number of carbonyl (C=O) groups excluding carboxylic acids is 2. The first-order chi connectivity index (χ1) is 11.2. The van der Waals surface area contributed by atoms with E-state index in [2.05, 4.69) is 10.3 Å². The summed E-state index contributed by atoms with van der Waals surface area (Å²) in [5.41, 5.74) is 0.316. The van der Waals surface area contributed by atoms with Crippen molar-refractivity contribution in [2.75, 3.05) is 0 Å². The maximum absolute atomic E-state index is 12.7. The second-order valence-corrected chi connectivity index (χ2v) is 7.05. The summed E-state index contributed by atoms with van der Waals surface area (Å²) in [4.78, 5) is 30.9. The van der Waals surface area contributed by atoms with E-state index in [0.29, 0.717) is 30.2 Å². The topological polar surface area (TPSA) is 75.4 Å². The molecule has 3 fully saturated rings. The normalized spacial score (nSPS) is 21.4. The number of rotatable bonds is 6. The van der Waals surface area contributed by atoms with Gasteiger partial charge in [-0.3, -0.25) is 9.59 Å². The molecule has 2 amide bonds. The van der Waals surface area contributed by atoms with Gasteiger partial charge in [-0.15, -0.1) is 0 Å². The van der Waals surface area contributed by atoms with E-state index in [1.54, 1.807) is 0 Å². The van der Waals surface area contributed by atoms with Gasteiger partial charge >= 0.3 is 0 Å². The fourth-order valence-corrected chi connectivity index (χ4v) is 3.30. The maximum atomic E-state index is 12.7. The number of hydrogen-bond donors (Lipinski definition) is 1. The van der Waals surface area contributed by atoms with E-state index in [9.17, 15) is 9.59 Å². The Morgan fingerprint density at radius 1 is 1.17 bits per heavy atom. The van der Waals surface area contributed by atoms with Gasteiger partial charge in [0.1, 0.15) is 6.26 Å². The predicted molar refractivity (Wildman–Crippen MR) is 82.5 cm³/mol. The SMILES string of the molecule is O=C(NC1CC1)c1coc(CN(C(=O)C2CCCC2)C2CC2)n1. The largest absolute Gasteiger partial charge is 0.446 e. The average molecular weight is 317 g/mol. The van der Waals surface area contributed by atoms with Crippen LogP contribution in [0.4, 0.5) is 0 Å². The summed E-state index contributed by atoms with van der Waals surface area (Å²) < 4.78 is 5.44. The van der Waals surface area contributed by atoms with Gasteiger partial charge in [0.25, 0.3) is 5.91 Å². The average Bonchev–Trinajstić information content (AvgIpc) is 3.45. The van der Waals surface area contributed by atoms with E-state index in [1.807, 2.05) is 4.90 Å². The van der Waals surface area contributed by atoms with E-state index in [1.165, 1.54) is 6.26 Å². The Hall–Kier alpha value is -1.85. The number of carbonyl (C=O) groups is 2. The standard InChI is InChI=1S/C17H23N3O3/c21-16(18-12-5-6-12)14-10-23-15(19-14)9-20(13-7-8-13)17(22)11-3-1-2-4-11/h10-13H,1-9H2,(H,18,21). The fraction of sp³-hybridized carbons (Fsp3) is 0.706. The van der Waals surface area contributed by atoms with E-state index in [4.69, 9.17) is 4.42 Å². The van der Waals surface area contributed by atoms with Crippen LogP contribution >= 0.6 is 0 Å². The smallest absolute Gasteiger partial charge is 0.273 e. The zero-order chi connectivity index (χ0) is 15.8. The minimum Gasteiger partial charge on any atom is -0.446 e. The molecule has 1 aromatic heterocycles. The molecule has 0 saturated heterocycles. The van der Waals surface area contributed by atoms with Crippen LogP contribution in [0, 0.1) is 5.92 Å². The van der Waals surface area contributed by atoms with Crippen LogP contribution in [0.2, 0.25) is 0 Å². The van der Waals surface area contributed by atoms with Crippen LogP contribution in [0.5, 0.6) is 0 Å². The molecule has 6 nitrogen and oxygen atoms in total. The lowest BCUT2D eigenvalue weighted by molar-refractivity contribution is -0.136. The first-order valence-electron chi connectivity index (χ1n) is 8.76. The minimum absolute atomic E-state index is 0.170. The first kappa shape index (κ1) is 14.7. The number of hydrogen-bond acceptors (Lipinski definition) is 4. The van der Waals surface area contributed by atoms with Gasteiger partial charge in [0.15, 0.2) is 5.69 Å². The summed E-state index contributed by atoms with van der Waals surface area (Å²) in [5.74, 6) is 0.696. The molecule has 0 unspecified atom stereocenters. The molecule has 0 radical (unpaired) electrons. The third-order valence-electron chi connectivity index (χ3n) is 4.98. The summed E-state index contributed by atoms with van der Waals surface area (Å²) in [6, 6.07) is 0.633. The highest BCUT2D eigenvalue weighted by atomic mass is 16.3. The summed E-state index contributed by atoms with van der Waals surface area (Å²) in [5, 5.41) is 2.90. The molecule has 1 aromatic rings. The van der Waals surface area contributed by atoms with E-state index >= 15 is 0 Å². The molecule has 23 heavy (non-hydrogen) atoms. The van der Waals surface area contributed by atoms with Crippen molar-refractivity contribution in [3.63, 3.8) is 0 Å². The number of oxazole rings is 1. The molecule has 1 heterocycles. The lowest BCUT2D eigenvalue weighted by Crippen LogP contribution is -2.36. The second kappa shape index (κ2) is 5.98. The van der Waals surface area contributed by atoms with Gasteiger partial charge in [-0.25, -0.2) is 4.98 Å². The van der Waals surface area contributed by atoms with Gasteiger partial charge in [-0.2, -0.15) is 0 Å². The van der Waals surface area contributed by atoms with Crippen molar-refractivity contribution in [3.05, 3.63) is 17.8 Å². The van der Waals surface area contributed by atoms with E-state index in [-0.39, 0.29) is 17.7 Å². The Labute approximate surface area is 135 Å². The highest BCUT2D eigenvalue weighted by Crippen LogP contribution is 2.33. The van der Waals surface area contributed by atoms with Gasteiger partial charge in [-0.05, 0) is 38.5 Å². The highest BCUT2D eigenvalue weighted by molar-refractivity contribution is 5.92. The minimum atomic E-state index is -0.178. The fourth-order valence-electron chi connectivity index (χ4n) is 3.30. The molecule has 3 aliphatic rings. The van der Waals surface area contributed by atoms with Crippen LogP contribution in [0.25, 0.3) is 0 Å². The zero-order valence-electron chi connectivity index (χ0n) is 13.3. The summed E-state index contributed by atoms with van der Waals surface area (Å²) in [7, 11) is 0. The van der Waals surface area contributed by atoms with Crippen molar-refractivity contribution in [1.82, 2.24) is 15.2 Å². The van der Waals surface area contributed by atoms with Crippen LogP contribution in [-0.4, -0.2) is 33.8 Å². The number of nitrogens with zero attached hydrogens (tertiary/aromatic N) is 2. The third-order valence-corrected chi connectivity index (χ3v) is 4.98. The van der Waals surface area contributed by atoms with Crippen LogP contribution in [0.1, 0.15) is 67.7 Å². The molecule has 0 aromatic carbocycles. The molecule has 6 heteroatoms. The van der Waals surface area contributed by atoms with Gasteiger partial charge in [0.2, 0.25) is 11.8 Å². The predicted octanol–water partition coefficient (Wildman–Crippen LogP) is 2.25. The van der Waals surface area contributed by atoms with Gasteiger partial charge in [0, 0.05) is 18.0 Å². The monoisotopic (exact) mass is 317 g/mol. The Balaban J connectivity index is 1.41. The van der Waals surface area contributed by atoms with E-state index in [0.717, 1.165) is 51.4 Å². The van der Waals surface area contributed by atoms with Gasteiger partial charge in [0.05, 0.1) is 6.54 Å². The summed E-state index contributed by atoms with van der Waals surface area (Å²) in [6.07, 6.45) is 9.92. The van der Waals surface area contributed by atoms with Crippen molar-refractivity contribution in [3.8, 4) is 0 Å². The third kappa shape index (κ3) is 3.41. The molecular formula is C17H23N3O3. The lowest BCUT2D eigenvalue weighted by atomic mass is 10.1. The Morgan fingerprint density at radius 2 is 1.91 bits per heavy atom. The Kier molecular flexibility index (Phi) is 3.83. The molecule has 0 atom stereocenters. The molecule has 4 rings (SSSR count). The Morgan fingerprint density at radius 3 is 2.57 bits per heavy atom. The van der Waals surface area contributed by atoms with Gasteiger partial charge in [-0.1, -0.05) is 12.8 Å². The van der Waals surface area contributed by atoms with Crippen LogP contribution < -0.4 is 5.32 Å². The molecule has 0 aliphatic heterocycles. The Bertz CT molecular complexity index is 598. The number of amides is 2. The van der Waals surface area contributed by atoms with Crippen LogP contribution in [0.3, 0.4) is 0 Å². The maximum Gasteiger partial charge on any atom is 0.273 e. The molecule has 124 valence electrons. The number of aromatic nitrogens is 1. The lowest BCUT2D eigenvalue weighted by Gasteiger charge is -2.24. The zero-order valence-corrected chi connectivity index (χ0v) is 13.3. The van der Waals surface area contributed by atoms with Crippen LogP contribution in [0.15, 0.2) is 10.7 Å². The van der Waals surface area contributed by atoms with Gasteiger partial charge < -0.3 is 14.6 Å².